The average molecular weight is 391 g/mol. The van der Waals surface area contributed by atoms with Crippen molar-refractivity contribution in [1.29, 1.82) is 0 Å². The first kappa shape index (κ1) is 18.2. The van der Waals surface area contributed by atoms with E-state index in [2.05, 4.69) is 4.98 Å². The van der Waals surface area contributed by atoms with E-state index in [0.717, 1.165) is 12.1 Å². The third-order valence-corrected chi connectivity index (χ3v) is 6.36. The molecule has 0 bridgehead atoms. The number of halogens is 4. The number of alkyl halides is 3. The zero-order chi connectivity index (χ0) is 18.2. The van der Waals surface area contributed by atoms with Crippen LogP contribution in [-0.2, 0) is 16.2 Å². The monoisotopic (exact) mass is 390 g/mol. The van der Waals surface area contributed by atoms with Crippen LogP contribution in [0, 0.1) is 0 Å². The Kier molecular flexibility index (Phi) is 4.78. The fourth-order valence-corrected chi connectivity index (χ4v) is 4.89. The minimum Gasteiger partial charge on any atom is -0.264 e. The van der Waals surface area contributed by atoms with Crippen LogP contribution in [0.1, 0.15) is 30.0 Å². The van der Waals surface area contributed by atoms with Gasteiger partial charge in [0, 0.05) is 18.9 Å². The molecule has 9 heteroatoms. The molecule has 25 heavy (non-hydrogen) atoms. The Bertz CT molecular complexity index is 873. The molecule has 1 aromatic carbocycles. The Balaban J connectivity index is 2.02. The van der Waals surface area contributed by atoms with Crippen LogP contribution in [0.4, 0.5) is 13.2 Å². The standard InChI is InChI=1S/C16H14ClF3N2O2S/c17-14-6-5-12(9-13(14)16(18,19)20)25(23,24)22-8-2-4-15(22)11-3-1-7-21-10-11/h1,3,5-7,9-10,15H,2,4,8H2/t15-/m1/s1. The van der Waals surface area contributed by atoms with Gasteiger partial charge in [0.2, 0.25) is 10.0 Å². The van der Waals surface area contributed by atoms with E-state index in [1.54, 1.807) is 24.5 Å². The number of rotatable bonds is 3. The summed E-state index contributed by atoms with van der Waals surface area (Å²) in [5, 5.41) is -0.531. The maximum absolute atomic E-state index is 13.0. The minimum atomic E-state index is -4.73. The molecule has 0 radical (unpaired) electrons. The topological polar surface area (TPSA) is 50.3 Å². The maximum atomic E-state index is 13.0. The van der Waals surface area contributed by atoms with Gasteiger partial charge in [0.25, 0.3) is 0 Å². The van der Waals surface area contributed by atoms with Gasteiger partial charge in [-0.3, -0.25) is 4.98 Å². The zero-order valence-electron chi connectivity index (χ0n) is 12.9. The molecule has 1 aliphatic heterocycles. The highest BCUT2D eigenvalue weighted by atomic mass is 35.5. The Hall–Kier alpha value is -1.64. The molecule has 0 spiro atoms. The van der Waals surface area contributed by atoms with Gasteiger partial charge in [0.15, 0.2) is 0 Å². The van der Waals surface area contributed by atoms with E-state index < -0.39 is 37.7 Å². The Morgan fingerprint density at radius 3 is 2.64 bits per heavy atom. The van der Waals surface area contributed by atoms with E-state index >= 15 is 0 Å². The van der Waals surface area contributed by atoms with E-state index in [-0.39, 0.29) is 6.54 Å². The van der Waals surface area contributed by atoms with Crippen LogP contribution in [0.25, 0.3) is 0 Å². The van der Waals surface area contributed by atoms with Crippen LogP contribution in [0.5, 0.6) is 0 Å². The third-order valence-electron chi connectivity index (χ3n) is 4.12. The molecule has 2 aromatic rings. The first-order valence-electron chi connectivity index (χ1n) is 7.50. The molecule has 1 aliphatic rings. The Morgan fingerprint density at radius 2 is 2.00 bits per heavy atom. The van der Waals surface area contributed by atoms with Gasteiger partial charge in [0.1, 0.15) is 0 Å². The molecule has 1 saturated heterocycles. The molecule has 0 unspecified atom stereocenters. The van der Waals surface area contributed by atoms with E-state index in [1.165, 1.54) is 4.31 Å². The number of benzene rings is 1. The predicted octanol–water partition coefficient (Wildman–Crippen LogP) is 4.28. The molecule has 134 valence electrons. The first-order chi connectivity index (χ1) is 11.7. The van der Waals surface area contributed by atoms with Gasteiger partial charge >= 0.3 is 6.18 Å². The second kappa shape index (κ2) is 6.59. The van der Waals surface area contributed by atoms with E-state index in [0.29, 0.717) is 24.5 Å². The van der Waals surface area contributed by atoms with E-state index in [9.17, 15) is 21.6 Å². The summed E-state index contributed by atoms with van der Waals surface area (Å²) in [4.78, 5) is 3.57. The van der Waals surface area contributed by atoms with Crippen LogP contribution in [0.2, 0.25) is 5.02 Å². The van der Waals surface area contributed by atoms with Crippen molar-refractivity contribution < 1.29 is 21.6 Å². The predicted molar refractivity (Wildman–Crippen MR) is 86.6 cm³/mol. The first-order valence-corrected chi connectivity index (χ1v) is 9.31. The molecule has 0 aliphatic carbocycles. The smallest absolute Gasteiger partial charge is 0.264 e. The number of pyridine rings is 1. The summed E-state index contributed by atoms with van der Waals surface area (Å²) in [7, 11) is -4.09. The van der Waals surface area contributed by atoms with E-state index in [4.69, 9.17) is 11.6 Å². The van der Waals surface area contributed by atoms with Gasteiger partial charge < -0.3 is 0 Å². The lowest BCUT2D eigenvalue weighted by Crippen LogP contribution is -2.31. The maximum Gasteiger partial charge on any atom is 0.417 e. The number of aromatic nitrogens is 1. The second-order valence-corrected chi connectivity index (χ2v) is 8.00. The summed E-state index contributed by atoms with van der Waals surface area (Å²) < 4.78 is 66.1. The lowest BCUT2D eigenvalue weighted by molar-refractivity contribution is -0.137. The summed E-state index contributed by atoms with van der Waals surface area (Å²) >= 11 is 5.58. The number of nitrogens with zero attached hydrogens (tertiary/aromatic N) is 2. The SMILES string of the molecule is O=S(=O)(c1ccc(Cl)c(C(F)(F)F)c1)N1CCC[C@@H]1c1cccnc1. The molecule has 1 atom stereocenters. The summed E-state index contributed by atoms with van der Waals surface area (Å²) in [6.45, 7) is 0.242. The summed E-state index contributed by atoms with van der Waals surface area (Å²) in [5.74, 6) is 0. The van der Waals surface area contributed by atoms with Crippen LogP contribution >= 0.6 is 11.6 Å². The van der Waals surface area contributed by atoms with Gasteiger partial charge in [-0.2, -0.15) is 17.5 Å². The Morgan fingerprint density at radius 1 is 1.24 bits per heavy atom. The fraction of sp³-hybridized carbons (Fsp3) is 0.312. The minimum absolute atomic E-state index is 0.242. The molecule has 0 saturated carbocycles. The van der Waals surface area contributed by atoms with Crippen LogP contribution in [0.3, 0.4) is 0 Å². The van der Waals surface area contributed by atoms with Gasteiger partial charge in [-0.15, -0.1) is 0 Å². The fourth-order valence-electron chi connectivity index (χ4n) is 2.95. The number of hydrogen-bond acceptors (Lipinski definition) is 3. The van der Waals surface area contributed by atoms with Gasteiger partial charge in [0.05, 0.1) is 21.5 Å². The molecule has 2 heterocycles. The molecule has 3 rings (SSSR count). The van der Waals surface area contributed by atoms with Crippen molar-refractivity contribution in [3.8, 4) is 0 Å². The summed E-state index contributed by atoms with van der Waals surface area (Å²) in [5.41, 5.74) is -0.444. The lowest BCUT2D eigenvalue weighted by Gasteiger charge is -2.24. The molecule has 0 amide bonds. The van der Waals surface area contributed by atoms with E-state index in [1.807, 2.05) is 0 Å². The van der Waals surface area contributed by atoms with Crippen molar-refractivity contribution in [2.45, 2.75) is 30.0 Å². The highest BCUT2D eigenvalue weighted by Gasteiger charge is 2.39. The molecule has 0 N–H and O–H groups in total. The third kappa shape index (κ3) is 3.51. The summed E-state index contributed by atoms with van der Waals surface area (Å²) in [6.07, 6.45) is -0.368. The number of hydrogen-bond donors (Lipinski definition) is 0. The van der Waals surface area contributed by atoms with Crippen LogP contribution in [0.15, 0.2) is 47.6 Å². The van der Waals surface area contributed by atoms with Gasteiger partial charge in [-0.05, 0) is 42.7 Å². The van der Waals surface area contributed by atoms with Crippen molar-refractivity contribution >= 4 is 21.6 Å². The summed E-state index contributed by atoms with van der Waals surface area (Å²) in [6, 6.07) is 5.68. The molecule has 4 nitrogen and oxygen atoms in total. The average Bonchev–Trinajstić information content (AvgIpc) is 3.05. The quantitative estimate of drug-likeness (QED) is 0.786. The molecule has 1 fully saturated rings. The van der Waals surface area contributed by atoms with Crippen molar-refractivity contribution in [2.24, 2.45) is 0 Å². The largest absolute Gasteiger partial charge is 0.417 e. The van der Waals surface area contributed by atoms with Crippen LogP contribution in [-0.4, -0.2) is 24.3 Å². The highest BCUT2D eigenvalue weighted by molar-refractivity contribution is 7.89. The Labute approximate surface area is 148 Å². The van der Waals surface area contributed by atoms with Crippen molar-refractivity contribution in [1.82, 2.24) is 9.29 Å². The van der Waals surface area contributed by atoms with Crippen molar-refractivity contribution in [3.63, 3.8) is 0 Å². The lowest BCUT2D eigenvalue weighted by atomic mass is 10.1. The van der Waals surface area contributed by atoms with Crippen LogP contribution < -0.4 is 0 Å². The number of sulfonamides is 1. The second-order valence-electron chi connectivity index (χ2n) is 5.70. The molecule has 1 aromatic heterocycles. The molecular formula is C16H14ClF3N2O2S. The van der Waals surface area contributed by atoms with Crippen molar-refractivity contribution in [3.05, 3.63) is 58.9 Å². The van der Waals surface area contributed by atoms with Gasteiger partial charge in [-0.25, -0.2) is 8.42 Å². The highest BCUT2D eigenvalue weighted by Crippen LogP contribution is 2.39. The van der Waals surface area contributed by atoms with Crippen molar-refractivity contribution in [2.75, 3.05) is 6.54 Å². The normalized spacial score (nSPS) is 19.3. The zero-order valence-corrected chi connectivity index (χ0v) is 14.4. The molecular weight excluding hydrogens is 377 g/mol. The van der Waals surface area contributed by atoms with Gasteiger partial charge in [-0.1, -0.05) is 17.7 Å².